The predicted octanol–water partition coefficient (Wildman–Crippen LogP) is 2.08. The van der Waals surface area contributed by atoms with E-state index in [1.807, 2.05) is 0 Å². The highest BCUT2D eigenvalue weighted by atomic mass is 19.1. The van der Waals surface area contributed by atoms with Crippen molar-refractivity contribution in [3.63, 3.8) is 0 Å². The Kier molecular flexibility index (Phi) is 2.75. The number of nitrogen functional groups attached to an aromatic ring is 1. The lowest BCUT2D eigenvalue weighted by molar-refractivity contribution is 0.0510. The van der Waals surface area contributed by atoms with Crippen LogP contribution >= 0.6 is 0 Å². The van der Waals surface area contributed by atoms with E-state index in [-0.39, 0.29) is 12.3 Å². The van der Waals surface area contributed by atoms with Crippen LogP contribution in [-0.2, 0) is 11.8 Å². The first-order valence-electron chi connectivity index (χ1n) is 5.27. The average Bonchev–Trinajstić information content (AvgIpc) is 2.53. The summed E-state index contributed by atoms with van der Waals surface area (Å²) in [6.45, 7) is 1.88. The van der Waals surface area contributed by atoms with E-state index in [9.17, 15) is 9.18 Å². The highest BCUT2D eigenvalue weighted by Crippen LogP contribution is 2.28. The molecule has 2 rings (SSSR count). The van der Waals surface area contributed by atoms with Crippen LogP contribution in [0.1, 0.15) is 17.4 Å². The normalized spacial score (nSPS) is 10.8. The maximum Gasteiger partial charge on any atom is 0.358 e. The molecule has 0 atom stereocenters. The maximum absolute atomic E-state index is 14.1. The molecular formula is C12H13FN2O2. The van der Waals surface area contributed by atoms with Gasteiger partial charge in [0.1, 0.15) is 0 Å². The first kappa shape index (κ1) is 11.4. The molecule has 2 N–H and O–H groups in total. The second kappa shape index (κ2) is 4.08. The Hall–Kier alpha value is -2.04. The van der Waals surface area contributed by atoms with E-state index in [4.69, 9.17) is 10.5 Å². The third-order valence-electron chi connectivity index (χ3n) is 2.65. The van der Waals surface area contributed by atoms with Crippen molar-refractivity contribution in [2.45, 2.75) is 6.92 Å². The molecule has 1 aromatic heterocycles. The van der Waals surface area contributed by atoms with Crippen LogP contribution in [0.4, 0.5) is 10.1 Å². The Morgan fingerprint density at radius 1 is 1.53 bits per heavy atom. The van der Waals surface area contributed by atoms with Crippen molar-refractivity contribution >= 4 is 22.6 Å². The van der Waals surface area contributed by atoms with Gasteiger partial charge in [-0.05, 0) is 19.1 Å². The van der Waals surface area contributed by atoms with Crippen LogP contribution in [0.2, 0.25) is 0 Å². The van der Waals surface area contributed by atoms with Gasteiger partial charge >= 0.3 is 5.97 Å². The van der Waals surface area contributed by atoms with Crippen LogP contribution < -0.4 is 5.73 Å². The van der Waals surface area contributed by atoms with Crippen LogP contribution in [-0.4, -0.2) is 17.1 Å². The summed E-state index contributed by atoms with van der Waals surface area (Å²) in [5.41, 5.74) is 6.61. The molecule has 1 aromatic carbocycles. The van der Waals surface area contributed by atoms with E-state index in [1.165, 1.54) is 4.57 Å². The fourth-order valence-corrected chi connectivity index (χ4v) is 1.93. The standard InChI is InChI=1S/C12H13FN2O2/c1-3-17-12(16)11-9(13)7-5-4-6-8(14)10(7)15(11)2/h4-6H,3,14H2,1-2H3. The molecule has 0 amide bonds. The van der Waals surface area contributed by atoms with Crippen LogP contribution in [0.3, 0.4) is 0 Å². The molecule has 0 fully saturated rings. The Morgan fingerprint density at radius 2 is 2.24 bits per heavy atom. The number of benzene rings is 1. The zero-order chi connectivity index (χ0) is 12.6. The van der Waals surface area contributed by atoms with Gasteiger partial charge in [0.25, 0.3) is 0 Å². The first-order chi connectivity index (χ1) is 8.07. The number of aryl methyl sites for hydroxylation is 1. The maximum atomic E-state index is 14.1. The van der Waals surface area contributed by atoms with Gasteiger partial charge in [0.2, 0.25) is 0 Å². The number of nitrogens with two attached hydrogens (primary N) is 1. The number of carbonyl (C=O) groups is 1. The Balaban J connectivity index is 2.73. The number of nitrogens with zero attached hydrogens (tertiary/aromatic N) is 1. The van der Waals surface area contributed by atoms with Crippen molar-refractivity contribution in [1.82, 2.24) is 4.57 Å². The van der Waals surface area contributed by atoms with Crippen molar-refractivity contribution in [1.29, 1.82) is 0 Å². The SMILES string of the molecule is CCOC(=O)c1c(F)c2cccc(N)c2n1C. The number of para-hydroxylation sites is 1. The molecule has 0 unspecified atom stereocenters. The van der Waals surface area contributed by atoms with Gasteiger partial charge in [-0.25, -0.2) is 9.18 Å². The minimum absolute atomic E-state index is 0.0975. The highest BCUT2D eigenvalue weighted by molar-refractivity contribution is 6.00. The number of aromatic nitrogens is 1. The third-order valence-corrected chi connectivity index (χ3v) is 2.65. The Bertz CT molecular complexity index is 590. The van der Waals surface area contributed by atoms with Crippen molar-refractivity contribution in [3.05, 3.63) is 29.7 Å². The summed E-state index contributed by atoms with van der Waals surface area (Å²) in [6, 6.07) is 4.90. The van der Waals surface area contributed by atoms with Gasteiger partial charge in [-0.2, -0.15) is 0 Å². The van der Waals surface area contributed by atoms with Crippen LogP contribution in [0.15, 0.2) is 18.2 Å². The smallest absolute Gasteiger partial charge is 0.358 e. The molecule has 5 heteroatoms. The van der Waals surface area contributed by atoms with Crippen LogP contribution in [0, 0.1) is 5.82 Å². The molecule has 90 valence electrons. The van der Waals surface area contributed by atoms with Crippen molar-refractivity contribution in [2.75, 3.05) is 12.3 Å². The fraction of sp³-hybridized carbons (Fsp3) is 0.250. The quantitative estimate of drug-likeness (QED) is 0.641. The zero-order valence-corrected chi connectivity index (χ0v) is 9.66. The number of anilines is 1. The van der Waals surface area contributed by atoms with Gasteiger partial charge in [-0.15, -0.1) is 0 Å². The number of rotatable bonds is 2. The first-order valence-corrected chi connectivity index (χ1v) is 5.27. The monoisotopic (exact) mass is 236 g/mol. The molecule has 0 spiro atoms. The molecule has 4 nitrogen and oxygen atoms in total. The summed E-state index contributed by atoms with van der Waals surface area (Å²) in [4.78, 5) is 11.6. The molecule has 17 heavy (non-hydrogen) atoms. The van der Waals surface area contributed by atoms with Crippen molar-refractivity contribution < 1.29 is 13.9 Å². The minimum Gasteiger partial charge on any atom is -0.461 e. The van der Waals surface area contributed by atoms with Gasteiger partial charge in [0.05, 0.1) is 17.8 Å². The number of carbonyl (C=O) groups excluding carboxylic acids is 1. The second-order valence-electron chi connectivity index (χ2n) is 3.69. The van der Waals surface area contributed by atoms with E-state index < -0.39 is 11.8 Å². The number of ether oxygens (including phenoxy) is 1. The Labute approximate surface area is 97.8 Å². The van der Waals surface area contributed by atoms with Crippen molar-refractivity contribution in [3.8, 4) is 0 Å². The van der Waals surface area contributed by atoms with Crippen LogP contribution in [0.25, 0.3) is 10.9 Å². The van der Waals surface area contributed by atoms with Gasteiger partial charge in [0, 0.05) is 12.4 Å². The largest absolute Gasteiger partial charge is 0.461 e. The molecule has 1 heterocycles. The summed E-state index contributed by atoms with van der Waals surface area (Å²) < 4.78 is 20.3. The lowest BCUT2D eigenvalue weighted by Gasteiger charge is -2.04. The summed E-state index contributed by atoms with van der Waals surface area (Å²) in [6.07, 6.45) is 0. The fourth-order valence-electron chi connectivity index (χ4n) is 1.93. The van der Waals surface area contributed by atoms with Gasteiger partial charge in [-0.3, -0.25) is 0 Å². The molecule has 2 aromatic rings. The molecule has 0 saturated heterocycles. The summed E-state index contributed by atoms with van der Waals surface area (Å²) >= 11 is 0. The number of fused-ring (bicyclic) bond motifs is 1. The van der Waals surface area contributed by atoms with E-state index in [1.54, 1.807) is 32.2 Å². The summed E-state index contributed by atoms with van der Waals surface area (Å²) in [5, 5.41) is 0.329. The van der Waals surface area contributed by atoms with Crippen molar-refractivity contribution in [2.24, 2.45) is 7.05 Å². The molecular weight excluding hydrogens is 223 g/mol. The van der Waals surface area contributed by atoms with Gasteiger partial charge in [0.15, 0.2) is 11.5 Å². The minimum atomic E-state index is -0.678. The molecule has 0 bridgehead atoms. The topological polar surface area (TPSA) is 57.2 Å². The number of halogens is 1. The lowest BCUT2D eigenvalue weighted by Crippen LogP contribution is -2.11. The third kappa shape index (κ3) is 1.63. The number of esters is 1. The zero-order valence-electron chi connectivity index (χ0n) is 9.66. The van der Waals surface area contributed by atoms with E-state index in [0.29, 0.717) is 16.6 Å². The molecule has 0 aliphatic heterocycles. The van der Waals surface area contributed by atoms with Gasteiger partial charge < -0.3 is 15.0 Å². The van der Waals surface area contributed by atoms with E-state index in [0.717, 1.165) is 0 Å². The van der Waals surface area contributed by atoms with E-state index in [2.05, 4.69) is 0 Å². The lowest BCUT2D eigenvalue weighted by atomic mass is 10.2. The molecule has 0 radical (unpaired) electrons. The molecule has 0 aliphatic carbocycles. The van der Waals surface area contributed by atoms with Crippen LogP contribution in [0.5, 0.6) is 0 Å². The number of hydrogen-bond donors (Lipinski definition) is 1. The van der Waals surface area contributed by atoms with E-state index >= 15 is 0 Å². The number of hydrogen-bond acceptors (Lipinski definition) is 3. The highest BCUT2D eigenvalue weighted by Gasteiger charge is 2.23. The summed E-state index contributed by atoms with van der Waals surface area (Å²) in [5.74, 6) is -1.27. The van der Waals surface area contributed by atoms with Gasteiger partial charge in [-0.1, -0.05) is 6.07 Å². The average molecular weight is 236 g/mol. The summed E-state index contributed by atoms with van der Waals surface area (Å²) in [7, 11) is 1.59. The Morgan fingerprint density at radius 3 is 2.82 bits per heavy atom. The predicted molar refractivity (Wildman–Crippen MR) is 63.2 cm³/mol. The second-order valence-corrected chi connectivity index (χ2v) is 3.69. The molecule has 0 aliphatic rings. The molecule has 0 saturated carbocycles.